The van der Waals surface area contributed by atoms with Gasteiger partial charge < -0.3 is 9.90 Å². The van der Waals surface area contributed by atoms with Crippen LogP contribution >= 0.6 is 0 Å². The molecule has 0 spiro atoms. The molecule has 1 aromatic heterocycles. The number of carboxylic acid groups (broad SMARTS) is 1. The van der Waals surface area contributed by atoms with Crippen LogP contribution in [0.4, 0.5) is 0 Å². The molecule has 0 unspecified atom stereocenters. The fraction of sp³-hybridized carbons (Fsp3) is 0.600. The summed E-state index contributed by atoms with van der Waals surface area (Å²) in [4.78, 5) is 8.89. The van der Waals surface area contributed by atoms with E-state index in [1.54, 1.807) is 0 Å². The van der Waals surface area contributed by atoms with Crippen molar-refractivity contribution in [3.63, 3.8) is 0 Å². The molecular weight excluding hydrogens is 180 g/mol. The predicted molar refractivity (Wildman–Crippen MR) is 51.3 cm³/mol. The molecule has 1 aromatic rings. The van der Waals surface area contributed by atoms with Crippen LogP contribution in [-0.4, -0.2) is 10.7 Å². The maximum Gasteiger partial charge on any atom is 0.198 e. The fourth-order valence-corrected chi connectivity index (χ4v) is 1.11. The van der Waals surface area contributed by atoms with E-state index in [9.17, 15) is 0 Å². The molecule has 1 heterocycles. The van der Waals surface area contributed by atoms with E-state index < -0.39 is 5.97 Å². The average Bonchev–Trinajstić information content (AvgIpc) is 2.30. The van der Waals surface area contributed by atoms with Crippen molar-refractivity contribution in [1.82, 2.24) is 4.68 Å². The number of carbonyl (C=O) groups excluding carboxylic acids is 1. The van der Waals surface area contributed by atoms with Gasteiger partial charge in [0.15, 0.2) is 13.2 Å². The van der Waals surface area contributed by atoms with Gasteiger partial charge in [-0.25, -0.2) is 0 Å². The van der Waals surface area contributed by atoms with E-state index in [0.29, 0.717) is 0 Å². The molecule has 4 nitrogen and oxygen atoms in total. The lowest BCUT2D eigenvalue weighted by molar-refractivity contribution is -0.751. The van der Waals surface area contributed by atoms with Gasteiger partial charge in [0, 0.05) is 11.5 Å². The van der Waals surface area contributed by atoms with Crippen LogP contribution in [0.2, 0.25) is 0 Å². The normalized spacial score (nSPS) is 9.14. The Hall–Kier alpha value is -1.32. The Labute approximate surface area is 84.8 Å². The van der Waals surface area contributed by atoms with Crippen LogP contribution in [-0.2, 0) is 25.3 Å². The summed E-state index contributed by atoms with van der Waals surface area (Å²) in [6, 6.07) is 0. The van der Waals surface area contributed by atoms with Crippen molar-refractivity contribution < 1.29 is 14.6 Å². The third kappa shape index (κ3) is 5.35. The number of aryl methyl sites for hydroxylation is 3. The molecule has 0 radical (unpaired) electrons. The molecule has 0 fully saturated rings. The van der Waals surface area contributed by atoms with Gasteiger partial charge in [0.25, 0.3) is 0 Å². The zero-order valence-electron chi connectivity index (χ0n) is 9.28. The second-order valence-electron chi connectivity index (χ2n) is 3.22. The van der Waals surface area contributed by atoms with E-state index in [-0.39, 0.29) is 0 Å². The van der Waals surface area contributed by atoms with Crippen LogP contribution in [0, 0.1) is 0 Å². The van der Waals surface area contributed by atoms with Gasteiger partial charge in [0.2, 0.25) is 0 Å². The summed E-state index contributed by atoms with van der Waals surface area (Å²) in [5.41, 5.74) is 1.42. The molecule has 0 amide bonds. The van der Waals surface area contributed by atoms with Crippen molar-refractivity contribution in [2.45, 2.75) is 26.7 Å². The Morgan fingerprint density at radius 2 is 2.14 bits per heavy atom. The maximum atomic E-state index is 8.89. The van der Waals surface area contributed by atoms with Crippen molar-refractivity contribution in [2.75, 3.05) is 0 Å². The third-order valence-electron chi connectivity index (χ3n) is 1.74. The van der Waals surface area contributed by atoms with Gasteiger partial charge >= 0.3 is 0 Å². The van der Waals surface area contributed by atoms with Gasteiger partial charge in [-0.15, -0.1) is 4.68 Å². The fourth-order valence-electron chi connectivity index (χ4n) is 1.11. The third-order valence-corrected chi connectivity index (χ3v) is 1.74. The predicted octanol–water partition coefficient (Wildman–Crippen LogP) is -0.442. The standard InChI is InChI=1S/C8H15N2.C2H4O2/c1-4-5-8-6-9(2)10(3)7-8;1-2(3)4/h6-7H,4-5H2,1-3H3;1H3,(H,3,4)/q+1;/p-1. The van der Waals surface area contributed by atoms with Gasteiger partial charge in [0.1, 0.15) is 0 Å². The highest BCUT2D eigenvalue weighted by molar-refractivity contribution is 5.60. The lowest BCUT2D eigenvalue weighted by Gasteiger charge is -1.83. The second kappa shape index (κ2) is 6.18. The molecule has 0 saturated heterocycles. The monoisotopic (exact) mass is 198 g/mol. The molecule has 0 bridgehead atoms. The maximum absolute atomic E-state index is 8.89. The Morgan fingerprint density at radius 3 is 2.43 bits per heavy atom. The molecular formula is C10H18N2O2. The summed E-state index contributed by atoms with van der Waals surface area (Å²) in [6.45, 7) is 3.17. The van der Waals surface area contributed by atoms with E-state index in [1.807, 2.05) is 0 Å². The zero-order valence-corrected chi connectivity index (χ0v) is 9.28. The van der Waals surface area contributed by atoms with Crippen molar-refractivity contribution in [2.24, 2.45) is 14.1 Å². The van der Waals surface area contributed by atoms with E-state index in [2.05, 4.69) is 42.8 Å². The van der Waals surface area contributed by atoms with Gasteiger partial charge in [-0.05, 0) is 13.3 Å². The molecule has 0 aromatic carbocycles. The molecule has 14 heavy (non-hydrogen) atoms. The first kappa shape index (κ1) is 12.7. The lowest BCUT2D eigenvalue weighted by Crippen LogP contribution is -2.35. The molecule has 1 rings (SSSR count). The van der Waals surface area contributed by atoms with Crippen molar-refractivity contribution >= 4 is 5.97 Å². The Kier molecular flexibility index (Phi) is 5.60. The number of carboxylic acids is 1. The van der Waals surface area contributed by atoms with Crippen LogP contribution in [0.15, 0.2) is 12.4 Å². The highest BCUT2D eigenvalue weighted by Gasteiger charge is 2.02. The summed E-state index contributed by atoms with van der Waals surface area (Å²) in [5, 5.41) is 8.89. The first-order valence-electron chi connectivity index (χ1n) is 4.66. The molecule has 80 valence electrons. The topological polar surface area (TPSA) is 48.9 Å². The second-order valence-corrected chi connectivity index (χ2v) is 3.22. The Morgan fingerprint density at radius 1 is 1.64 bits per heavy atom. The number of hydrogen-bond acceptors (Lipinski definition) is 2. The van der Waals surface area contributed by atoms with Crippen LogP contribution in [0.1, 0.15) is 25.8 Å². The first-order valence-corrected chi connectivity index (χ1v) is 4.66. The van der Waals surface area contributed by atoms with Crippen LogP contribution in [0.25, 0.3) is 0 Å². The highest BCUT2D eigenvalue weighted by Crippen LogP contribution is 1.97. The molecule has 0 aliphatic heterocycles. The number of rotatable bonds is 2. The summed E-state index contributed by atoms with van der Waals surface area (Å²) in [6.07, 6.45) is 6.76. The van der Waals surface area contributed by atoms with Gasteiger partial charge in [-0.1, -0.05) is 13.3 Å². The summed E-state index contributed by atoms with van der Waals surface area (Å²) >= 11 is 0. The minimum atomic E-state index is -1.08. The lowest BCUT2D eigenvalue weighted by atomic mass is 10.2. The highest BCUT2D eigenvalue weighted by atomic mass is 16.4. The molecule has 0 atom stereocenters. The minimum absolute atomic E-state index is 0.972. The number of aromatic nitrogens is 2. The Bertz CT molecular complexity index is 269. The number of nitrogens with zero attached hydrogens (tertiary/aromatic N) is 2. The smallest absolute Gasteiger partial charge is 0.198 e. The van der Waals surface area contributed by atoms with E-state index in [1.165, 1.54) is 18.4 Å². The summed E-state index contributed by atoms with van der Waals surface area (Å²) in [5.74, 6) is -1.08. The SMILES string of the molecule is CC(=O)[O-].CCCc1cn(C)[n+](C)c1. The molecule has 0 aliphatic carbocycles. The average molecular weight is 198 g/mol. The van der Waals surface area contributed by atoms with Gasteiger partial charge in [-0.2, -0.15) is 4.68 Å². The zero-order chi connectivity index (χ0) is 11.1. The Balaban J connectivity index is 0.000000364. The van der Waals surface area contributed by atoms with Crippen LogP contribution in [0.3, 0.4) is 0 Å². The molecule has 4 heteroatoms. The van der Waals surface area contributed by atoms with E-state index >= 15 is 0 Å². The van der Waals surface area contributed by atoms with Crippen molar-refractivity contribution in [3.05, 3.63) is 18.0 Å². The quantitative estimate of drug-likeness (QED) is 0.605. The van der Waals surface area contributed by atoms with Gasteiger partial charge in [0.05, 0.1) is 13.2 Å². The summed E-state index contributed by atoms with van der Waals surface area (Å²) < 4.78 is 4.18. The van der Waals surface area contributed by atoms with Gasteiger partial charge in [-0.3, -0.25) is 0 Å². The largest absolute Gasteiger partial charge is 0.550 e. The van der Waals surface area contributed by atoms with E-state index in [0.717, 1.165) is 6.92 Å². The minimum Gasteiger partial charge on any atom is -0.550 e. The van der Waals surface area contributed by atoms with Crippen molar-refractivity contribution in [3.8, 4) is 0 Å². The van der Waals surface area contributed by atoms with Crippen LogP contribution < -0.4 is 9.79 Å². The molecule has 0 N–H and O–H groups in total. The number of hydrogen-bond donors (Lipinski definition) is 0. The van der Waals surface area contributed by atoms with Crippen LogP contribution in [0.5, 0.6) is 0 Å². The first-order chi connectivity index (χ1) is 6.47. The van der Waals surface area contributed by atoms with Crippen molar-refractivity contribution in [1.29, 1.82) is 0 Å². The molecule has 0 aliphatic rings. The number of aliphatic carboxylic acids is 1. The van der Waals surface area contributed by atoms with E-state index in [4.69, 9.17) is 9.90 Å². The number of carbonyl (C=O) groups is 1. The molecule has 0 saturated carbocycles. The summed E-state index contributed by atoms with van der Waals surface area (Å²) in [7, 11) is 4.11.